The Morgan fingerprint density at radius 1 is 0.760 bits per heavy atom. The van der Waals surface area contributed by atoms with Crippen molar-refractivity contribution in [3.8, 4) is 17.2 Å². The lowest BCUT2D eigenvalue weighted by molar-refractivity contribution is 0.301. The van der Waals surface area contributed by atoms with E-state index in [0.717, 1.165) is 43.1 Å². The van der Waals surface area contributed by atoms with Crippen LogP contribution < -0.4 is 14.2 Å². The minimum Gasteiger partial charge on any atom is -0.497 e. The van der Waals surface area contributed by atoms with Crippen LogP contribution in [0, 0.1) is 0 Å². The van der Waals surface area contributed by atoms with E-state index >= 15 is 0 Å². The molecule has 0 saturated carbocycles. The van der Waals surface area contributed by atoms with Gasteiger partial charge < -0.3 is 14.2 Å². The number of ether oxygens (including phenoxy) is 3. The van der Waals surface area contributed by atoms with Crippen LogP contribution >= 0.6 is 0 Å². The molecule has 0 amide bonds. The molecule has 25 heavy (non-hydrogen) atoms. The average molecular weight is 342 g/mol. The molecule has 0 aromatic heterocycles. The normalized spacial score (nSPS) is 11.2. The molecule has 3 heteroatoms. The van der Waals surface area contributed by atoms with E-state index in [1.807, 2.05) is 36.4 Å². The Labute approximate surface area is 151 Å². The highest BCUT2D eigenvalue weighted by atomic mass is 16.5. The van der Waals surface area contributed by atoms with E-state index in [2.05, 4.69) is 26.0 Å². The van der Waals surface area contributed by atoms with Crippen LogP contribution in [0.4, 0.5) is 0 Å². The summed E-state index contributed by atoms with van der Waals surface area (Å²) in [5.41, 5.74) is 1.34. The van der Waals surface area contributed by atoms with Gasteiger partial charge in [0.15, 0.2) is 0 Å². The largest absolute Gasteiger partial charge is 0.497 e. The summed E-state index contributed by atoms with van der Waals surface area (Å²) in [6.07, 6.45) is 4.53. The Hall–Kier alpha value is -2.16. The standard InChI is InChI=1S/C22H30O3/c1-22(2,18-15-20(23-3)17-21(16-18)24-4)13-9-6-10-14-25-19-11-7-5-8-12-19/h5,7-8,11-12,15-17H,6,9-10,13-14H2,1-4H3. The van der Waals surface area contributed by atoms with Crippen molar-refractivity contribution in [2.75, 3.05) is 20.8 Å². The van der Waals surface area contributed by atoms with E-state index in [9.17, 15) is 0 Å². The molecule has 3 nitrogen and oxygen atoms in total. The third-order valence-corrected chi connectivity index (χ3v) is 4.59. The highest BCUT2D eigenvalue weighted by Crippen LogP contribution is 2.34. The predicted molar refractivity (Wildman–Crippen MR) is 103 cm³/mol. The van der Waals surface area contributed by atoms with Gasteiger partial charge in [-0.1, -0.05) is 44.9 Å². The van der Waals surface area contributed by atoms with Crippen LogP contribution in [0.25, 0.3) is 0 Å². The highest BCUT2D eigenvalue weighted by Gasteiger charge is 2.21. The molecule has 0 spiro atoms. The first-order valence-corrected chi connectivity index (χ1v) is 8.96. The van der Waals surface area contributed by atoms with Crippen LogP contribution in [0.5, 0.6) is 17.2 Å². The number of hydrogen-bond donors (Lipinski definition) is 0. The first-order valence-electron chi connectivity index (χ1n) is 8.96. The first kappa shape index (κ1) is 19.2. The summed E-state index contributed by atoms with van der Waals surface area (Å²) >= 11 is 0. The fraction of sp³-hybridized carbons (Fsp3) is 0.455. The first-order chi connectivity index (χ1) is 12.0. The molecule has 0 saturated heterocycles. The predicted octanol–water partition coefficient (Wildman–Crippen LogP) is 5.62. The van der Waals surface area contributed by atoms with Crippen LogP contribution in [0.15, 0.2) is 48.5 Å². The molecule has 0 fully saturated rings. The summed E-state index contributed by atoms with van der Waals surface area (Å²) in [6, 6.07) is 16.1. The second-order valence-electron chi connectivity index (χ2n) is 6.96. The van der Waals surface area contributed by atoms with Gasteiger partial charge >= 0.3 is 0 Å². The second kappa shape index (κ2) is 9.36. The SMILES string of the molecule is COc1cc(OC)cc(C(C)(C)CCCCCOc2ccccc2)c1. The Balaban J connectivity index is 1.79. The molecule has 2 rings (SSSR count). The van der Waals surface area contributed by atoms with Crippen molar-refractivity contribution < 1.29 is 14.2 Å². The van der Waals surface area contributed by atoms with E-state index < -0.39 is 0 Å². The maximum absolute atomic E-state index is 5.75. The molecular formula is C22H30O3. The van der Waals surface area contributed by atoms with Gasteiger partial charge in [0, 0.05) is 6.07 Å². The molecule has 0 aliphatic carbocycles. The molecule has 0 N–H and O–H groups in total. The van der Waals surface area contributed by atoms with Crippen LogP contribution in [0.1, 0.15) is 45.1 Å². The number of rotatable bonds is 10. The molecule has 2 aromatic carbocycles. The summed E-state index contributed by atoms with van der Waals surface area (Å²) in [7, 11) is 3.39. The average Bonchev–Trinajstić information content (AvgIpc) is 2.64. The highest BCUT2D eigenvalue weighted by molar-refractivity contribution is 5.41. The fourth-order valence-electron chi connectivity index (χ4n) is 2.90. The van der Waals surface area contributed by atoms with Gasteiger partial charge in [0.1, 0.15) is 17.2 Å². The van der Waals surface area contributed by atoms with Crippen LogP contribution in [-0.2, 0) is 5.41 Å². The topological polar surface area (TPSA) is 27.7 Å². The van der Waals surface area contributed by atoms with Crippen molar-refractivity contribution in [3.63, 3.8) is 0 Å². The lowest BCUT2D eigenvalue weighted by Gasteiger charge is -2.26. The zero-order valence-corrected chi connectivity index (χ0v) is 15.9. The van der Waals surface area contributed by atoms with Crippen LogP contribution in [0.2, 0.25) is 0 Å². The number of unbranched alkanes of at least 4 members (excludes halogenated alkanes) is 2. The molecule has 0 heterocycles. The van der Waals surface area contributed by atoms with Crippen molar-refractivity contribution >= 4 is 0 Å². The molecular weight excluding hydrogens is 312 g/mol. The number of methoxy groups -OCH3 is 2. The van der Waals surface area contributed by atoms with Gasteiger partial charge in [0.2, 0.25) is 0 Å². The van der Waals surface area contributed by atoms with E-state index in [0.29, 0.717) is 0 Å². The van der Waals surface area contributed by atoms with E-state index in [1.54, 1.807) is 14.2 Å². The van der Waals surface area contributed by atoms with Crippen molar-refractivity contribution in [3.05, 3.63) is 54.1 Å². The third kappa shape index (κ3) is 6.00. The quantitative estimate of drug-likeness (QED) is 0.524. The smallest absolute Gasteiger partial charge is 0.122 e. The summed E-state index contributed by atoms with van der Waals surface area (Å²) in [5.74, 6) is 2.64. The van der Waals surface area contributed by atoms with Crippen LogP contribution in [0.3, 0.4) is 0 Å². The monoisotopic (exact) mass is 342 g/mol. The van der Waals surface area contributed by atoms with Crippen molar-refractivity contribution in [2.45, 2.75) is 44.9 Å². The maximum Gasteiger partial charge on any atom is 0.122 e. The molecule has 0 bridgehead atoms. The van der Waals surface area contributed by atoms with Gasteiger partial charge in [-0.2, -0.15) is 0 Å². The molecule has 0 aliphatic rings. The van der Waals surface area contributed by atoms with Crippen LogP contribution in [-0.4, -0.2) is 20.8 Å². The Morgan fingerprint density at radius 3 is 2.00 bits per heavy atom. The summed E-state index contributed by atoms with van der Waals surface area (Å²) in [4.78, 5) is 0. The lowest BCUT2D eigenvalue weighted by atomic mass is 9.80. The summed E-state index contributed by atoms with van der Waals surface area (Å²) in [6.45, 7) is 5.33. The minimum atomic E-state index is 0.0854. The molecule has 0 radical (unpaired) electrons. The van der Waals surface area contributed by atoms with Crippen molar-refractivity contribution in [2.24, 2.45) is 0 Å². The molecule has 2 aromatic rings. The molecule has 0 unspecified atom stereocenters. The number of para-hydroxylation sites is 1. The molecule has 0 aliphatic heterocycles. The Morgan fingerprint density at radius 2 is 1.40 bits per heavy atom. The number of benzene rings is 2. The summed E-state index contributed by atoms with van der Waals surface area (Å²) < 4.78 is 16.5. The van der Waals surface area contributed by atoms with Gasteiger partial charge in [-0.3, -0.25) is 0 Å². The Bertz CT molecular complexity index is 613. The van der Waals surface area contributed by atoms with E-state index in [1.165, 1.54) is 12.0 Å². The van der Waals surface area contributed by atoms with Gasteiger partial charge in [-0.05, 0) is 48.1 Å². The third-order valence-electron chi connectivity index (χ3n) is 4.59. The van der Waals surface area contributed by atoms with E-state index in [4.69, 9.17) is 14.2 Å². The van der Waals surface area contributed by atoms with Gasteiger partial charge in [0.25, 0.3) is 0 Å². The van der Waals surface area contributed by atoms with E-state index in [-0.39, 0.29) is 5.41 Å². The van der Waals surface area contributed by atoms with Crippen molar-refractivity contribution in [1.82, 2.24) is 0 Å². The summed E-state index contributed by atoms with van der Waals surface area (Å²) in [5, 5.41) is 0. The Kier molecular flexibility index (Phi) is 7.17. The molecule has 0 atom stereocenters. The maximum atomic E-state index is 5.75. The minimum absolute atomic E-state index is 0.0854. The van der Waals surface area contributed by atoms with Gasteiger partial charge in [0.05, 0.1) is 20.8 Å². The van der Waals surface area contributed by atoms with Gasteiger partial charge in [-0.15, -0.1) is 0 Å². The van der Waals surface area contributed by atoms with Crippen molar-refractivity contribution in [1.29, 1.82) is 0 Å². The zero-order chi connectivity index (χ0) is 18.1. The number of hydrogen-bond acceptors (Lipinski definition) is 3. The second-order valence-corrected chi connectivity index (χ2v) is 6.96. The zero-order valence-electron chi connectivity index (χ0n) is 15.9. The molecule has 136 valence electrons. The lowest BCUT2D eigenvalue weighted by Crippen LogP contribution is -2.17. The fourth-order valence-corrected chi connectivity index (χ4v) is 2.90. The van der Waals surface area contributed by atoms with Gasteiger partial charge in [-0.25, -0.2) is 0 Å².